The van der Waals surface area contributed by atoms with E-state index in [1.54, 1.807) is 0 Å². The average molecular weight is 681 g/mol. The van der Waals surface area contributed by atoms with Gasteiger partial charge in [0.25, 0.3) is 0 Å². The summed E-state index contributed by atoms with van der Waals surface area (Å²) in [6.07, 6.45) is 0. The number of fused-ring (bicyclic) bond motifs is 7. The number of hydrogen-bond donors (Lipinski definition) is 0. The molecule has 0 amide bonds. The predicted molar refractivity (Wildman–Crippen MR) is 212 cm³/mol. The van der Waals surface area contributed by atoms with Gasteiger partial charge in [-0.05, 0) is 48.5 Å². The van der Waals surface area contributed by atoms with Crippen LogP contribution in [0.25, 0.3) is 101 Å². The highest BCUT2D eigenvalue weighted by Gasteiger charge is 2.24. The van der Waals surface area contributed by atoms with Crippen LogP contribution in [0.3, 0.4) is 0 Å². The van der Waals surface area contributed by atoms with Crippen molar-refractivity contribution in [3.8, 4) is 45.8 Å². The number of nitrogens with zero attached hydrogens (tertiary/aromatic N) is 6. The first-order valence-electron chi connectivity index (χ1n) is 17.6. The third kappa shape index (κ3) is 4.54. The molecule has 7 heteroatoms. The third-order valence-corrected chi connectivity index (χ3v) is 10.0. The lowest BCUT2D eigenvalue weighted by molar-refractivity contribution is 0.669. The van der Waals surface area contributed by atoms with E-state index in [-0.39, 0.29) is 0 Å². The fourth-order valence-electron chi connectivity index (χ4n) is 7.72. The zero-order chi connectivity index (χ0) is 34.9. The molecule has 0 aliphatic carbocycles. The maximum absolute atomic E-state index is 6.62. The zero-order valence-corrected chi connectivity index (χ0v) is 28.3. The van der Waals surface area contributed by atoms with E-state index in [1.165, 1.54) is 0 Å². The van der Waals surface area contributed by atoms with Gasteiger partial charge in [0.1, 0.15) is 17.0 Å². The van der Waals surface area contributed by atoms with Gasteiger partial charge in [-0.3, -0.25) is 9.13 Å². The fourth-order valence-corrected chi connectivity index (χ4v) is 7.72. The molecular formula is C46H28N6O. The molecule has 0 radical (unpaired) electrons. The van der Waals surface area contributed by atoms with Gasteiger partial charge in [0.15, 0.2) is 11.6 Å². The van der Waals surface area contributed by atoms with Gasteiger partial charge >= 0.3 is 0 Å². The molecule has 4 aromatic heterocycles. The number of aromatic nitrogens is 6. The Hall–Kier alpha value is -7.38. The second-order valence-electron chi connectivity index (χ2n) is 13.1. The molecule has 248 valence electrons. The molecule has 0 saturated carbocycles. The Morgan fingerprint density at radius 2 is 0.962 bits per heavy atom. The van der Waals surface area contributed by atoms with Crippen LogP contribution in [-0.4, -0.2) is 29.1 Å². The zero-order valence-electron chi connectivity index (χ0n) is 28.3. The van der Waals surface area contributed by atoms with Crippen LogP contribution < -0.4 is 0 Å². The van der Waals surface area contributed by atoms with Crippen molar-refractivity contribution in [3.05, 3.63) is 170 Å². The second-order valence-corrected chi connectivity index (χ2v) is 13.1. The Labute approximate surface area is 303 Å². The summed E-state index contributed by atoms with van der Waals surface area (Å²) >= 11 is 0. The van der Waals surface area contributed by atoms with Gasteiger partial charge in [-0.15, -0.1) is 0 Å². The molecule has 0 unspecified atom stereocenters. The van der Waals surface area contributed by atoms with Crippen molar-refractivity contribution in [3.63, 3.8) is 0 Å². The largest absolute Gasteiger partial charge is 0.456 e. The second kappa shape index (κ2) is 11.6. The number of para-hydroxylation sites is 5. The predicted octanol–water partition coefficient (Wildman–Crippen LogP) is 11.2. The molecule has 11 aromatic rings. The quantitative estimate of drug-likeness (QED) is 0.181. The van der Waals surface area contributed by atoms with E-state index in [1.807, 2.05) is 66.7 Å². The minimum Gasteiger partial charge on any atom is -0.456 e. The molecule has 0 spiro atoms. The molecule has 11 rings (SSSR count). The SMILES string of the molecule is c1ccc(-c2nc(-c3cccc4oc5cccc(-c6nc7ccccc7n6-c6ccccc6)c5c34)nc(-n3c4ccccc4c4ccccc43)n2)cc1. The standard InChI is InChI=1S/C46H28N6O/c1-3-15-29(16-4-1)43-48-44(50-46(49-43)52-36-24-10-7-19-31(36)32-20-8-11-25-37(32)52)33-21-13-27-39-41(33)42-34(22-14-28-40(42)53-39)45-47-35-23-9-12-26-38(35)51(45)30-17-5-2-6-18-30/h1-28H. The van der Waals surface area contributed by atoms with Gasteiger partial charge in [0.05, 0.1) is 22.1 Å². The minimum absolute atomic E-state index is 0.544. The van der Waals surface area contributed by atoms with Crippen molar-refractivity contribution in [2.75, 3.05) is 0 Å². The molecule has 0 saturated heterocycles. The number of furan rings is 1. The minimum atomic E-state index is 0.544. The highest BCUT2D eigenvalue weighted by Crippen LogP contribution is 2.42. The Bertz CT molecular complexity index is 3120. The third-order valence-electron chi connectivity index (χ3n) is 10.0. The van der Waals surface area contributed by atoms with Crippen LogP contribution in [0.4, 0.5) is 0 Å². The lowest BCUT2D eigenvalue weighted by atomic mass is 10.0. The molecule has 7 nitrogen and oxygen atoms in total. The molecule has 0 aliphatic heterocycles. The molecule has 0 fully saturated rings. The number of rotatable bonds is 5. The van der Waals surface area contributed by atoms with Crippen LogP contribution in [0.1, 0.15) is 0 Å². The summed E-state index contributed by atoms with van der Waals surface area (Å²) in [6, 6.07) is 57.8. The van der Waals surface area contributed by atoms with E-state index in [0.29, 0.717) is 17.6 Å². The van der Waals surface area contributed by atoms with Crippen LogP contribution in [0.2, 0.25) is 0 Å². The Morgan fingerprint density at radius 1 is 0.396 bits per heavy atom. The van der Waals surface area contributed by atoms with E-state index < -0.39 is 0 Å². The average Bonchev–Trinajstić information content (AvgIpc) is 3.91. The van der Waals surface area contributed by atoms with Crippen molar-refractivity contribution in [1.82, 2.24) is 29.1 Å². The summed E-state index contributed by atoms with van der Waals surface area (Å²) in [5, 5.41) is 4.15. The molecule has 0 atom stereocenters. The summed E-state index contributed by atoms with van der Waals surface area (Å²) < 4.78 is 11.0. The number of imidazole rings is 1. The van der Waals surface area contributed by atoms with Crippen molar-refractivity contribution < 1.29 is 4.42 Å². The lowest BCUT2D eigenvalue weighted by Crippen LogP contribution is -2.06. The van der Waals surface area contributed by atoms with Gasteiger partial charge in [0, 0.05) is 43.9 Å². The fraction of sp³-hybridized carbons (Fsp3) is 0. The summed E-state index contributed by atoms with van der Waals surface area (Å²) in [7, 11) is 0. The maximum atomic E-state index is 6.62. The van der Waals surface area contributed by atoms with Crippen LogP contribution in [0.15, 0.2) is 174 Å². The molecule has 0 aliphatic rings. The summed E-state index contributed by atoms with van der Waals surface area (Å²) in [4.78, 5) is 20.8. The first kappa shape index (κ1) is 29.4. The first-order chi connectivity index (χ1) is 26.3. The summed E-state index contributed by atoms with van der Waals surface area (Å²) in [5.74, 6) is 2.51. The monoisotopic (exact) mass is 680 g/mol. The van der Waals surface area contributed by atoms with Crippen LogP contribution >= 0.6 is 0 Å². The van der Waals surface area contributed by atoms with E-state index >= 15 is 0 Å². The molecule has 53 heavy (non-hydrogen) atoms. The topological polar surface area (TPSA) is 74.6 Å². The molecular weight excluding hydrogens is 653 g/mol. The Balaban J connectivity index is 1.22. The van der Waals surface area contributed by atoms with E-state index in [9.17, 15) is 0 Å². The van der Waals surface area contributed by atoms with Crippen molar-refractivity contribution >= 4 is 54.8 Å². The van der Waals surface area contributed by atoms with Gasteiger partial charge in [-0.2, -0.15) is 9.97 Å². The van der Waals surface area contributed by atoms with Crippen molar-refractivity contribution in [1.29, 1.82) is 0 Å². The molecule has 0 N–H and O–H groups in total. The molecule has 4 heterocycles. The van der Waals surface area contributed by atoms with Gasteiger partial charge in [-0.25, -0.2) is 9.97 Å². The Kier molecular flexibility index (Phi) is 6.42. The highest BCUT2D eigenvalue weighted by molar-refractivity contribution is 6.17. The number of benzene rings is 7. The van der Waals surface area contributed by atoms with Crippen LogP contribution in [0.5, 0.6) is 0 Å². The van der Waals surface area contributed by atoms with E-state index in [2.05, 4.69) is 112 Å². The van der Waals surface area contributed by atoms with Gasteiger partial charge in [-0.1, -0.05) is 121 Å². The summed E-state index contributed by atoms with van der Waals surface area (Å²) in [6.45, 7) is 0. The maximum Gasteiger partial charge on any atom is 0.238 e. The normalized spacial score (nSPS) is 11.8. The molecule has 0 bridgehead atoms. The Morgan fingerprint density at radius 3 is 1.68 bits per heavy atom. The van der Waals surface area contributed by atoms with Crippen LogP contribution in [-0.2, 0) is 0 Å². The highest BCUT2D eigenvalue weighted by atomic mass is 16.3. The smallest absolute Gasteiger partial charge is 0.238 e. The summed E-state index contributed by atoms with van der Waals surface area (Å²) in [5.41, 5.74) is 9.23. The van der Waals surface area contributed by atoms with Crippen LogP contribution in [0, 0.1) is 0 Å². The van der Waals surface area contributed by atoms with Gasteiger partial charge < -0.3 is 4.42 Å². The first-order valence-corrected chi connectivity index (χ1v) is 17.6. The van der Waals surface area contributed by atoms with E-state index in [4.69, 9.17) is 24.4 Å². The van der Waals surface area contributed by atoms with Crippen molar-refractivity contribution in [2.24, 2.45) is 0 Å². The van der Waals surface area contributed by atoms with E-state index in [0.717, 1.165) is 83.0 Å². The van der Waals surface area contributed by atoms with Crippen molar-refractivity contribution in [2.45, 2.75) is 0 Å². The lowest BCUT2D eigenvalue weighted by Gasteiger charge is -2.12. The van der Waals surface area contributed by atoms with Gasteiger partial charge in [0.2, 0.25) is 5.95 Å². The number of hydrogen-bond acceptors (Lipinski definition) is 5. The molecule has 7 aromatic carbocycles.